The van der Waals surface area contributed by atoms with Gasteiger partial charge in [0.2, 0.25) is 0 Å². The fourth-order valence-corrected chi connectivity index (χ4v) is 4.80. The number of benzene rings is 2. The number of nitrogens with one attached hydrogen (secondary N) is 4. The molecule has 2 heterocycles. The molecule has 1 fully saturated rings. The molecule has 182 valence electrons. The van der Waals surface area contributed by atoms with E-state index in [-0.39, 0.29) is 6.29 Å². The Morgan fingerprint density at radius 2 is 1.85 bits per heavy atom. The molecule has 0 bridgehead atoms. The lowest BCUT2D eigenvalue weighted by atomic mass is 10.2. The SMILES string of the molecule is CNS(=O)c1cc(NC2=C(C)C=NC(Nc3ccc(OCCN4CCCC4)cc3)N2)ccc1C. The summed E-state index contributed by atoms with van der Waals surface area (Å²) in [6, 6.07) is 13.8. The molecule has 2 aromatic carbocycles. The van der Waals surface area contributed by atoms with Gasteiger partial charge in [0, 0.05) is 29.7 Å². The average molecular weight is 483 g/mol. The minimum Gasteiger partial charge on any atom is -0.492 e. The predicted octanol–water partition coefficient (Wildman–Crippen LogP) is 3.42. The molecule has 34 heavy (non-hydrogen) atoms. The Hall–Kier alpha value is -2.88. The molecule has 1 saturated heterocycles. The Labute approximate surface area is 204 Å². The van der Waals surface area contributed by atoms with Gasteiger partial charge in [-0.15, -0.1) is 0 Å². The molecule has 0 radical (unpaired) electrons. The zero-order valence-corrected chi connectivity index (χ0v) is 20.9. The van der Waals surface area contributed by atoms with Crippen molar-refractivity contribution in [2.24, 2.45) is 4.99 Å². The molecule has 0 amide bonds. The molecule has 0 saturated carbocycles. The van der Waals surface area contributed by atoms with Crippen molar-refractivity contribution in [2.75, 3.05) is 43.9 Å². The van der Waals surface area contributed by atoms with Crippen LogP contribution in [0.15, 0.2) is 63.7 Å². The number of rotatable bonds is 10. The van der Waals surface area contributed by atoms with Crippen LogP contribution >= 0.6 is 0 Å². The van der Waals surface area contributed by atoms with E-state index in [9.17, 15) is 4.21 Å². The molecule has 9 heteroatoms. The van der Waals surface area contributed by atoms with Gasteiger partial charge in [-0.05, 0) is 88.8 Å². The summed E-state index contributed by atoms with van der Waals surface area (Å²) < 4.78 is 20.9. The second-order valence-electron chi connectivity index (χ2n) is 8.53. The predicted molar refractivity (Wildman–Crippen MR) is 140 cm³/mol. The monoisotopic (exact) mass is 482 g/mol. The van der Waals surface area contributed by atoms with E-state index in [1.165, 1.54) is 25.9 Å². The third-order valence-electron chi connectivity index (χ3n) is 5.97. The van der Waals surface area contributed by atoms with E-state index in [0.29, 0.717) is 6.61 Å². The van der Waals surface area contributed by atoms with Crippen molar-refractivity contribution in [3.8, 4) is 5.75 Å². The first-order valence-electron chi connectivity index (χ1n) is 11.7. The lowest BCUT2D eigenvalue weighted by Gasteiger charge is -2.26. The summed E-state index contributed by atoms with van der Waals surface area (Å²) in [5.41, 5.74) is 3.76. The Kier molecular flexibility index (Phi) is 8.21. The molecule has 8 nitrogen and oxygen atoms in total. The summed E-state index contributed by atoms with van der Waals surface area (Å²) in [5.74, 6) is 1.72. The molecule has 0 aliphatic carbocycles. The third kappa shape index (κ3) is 6.37. The van der Waals surface area contributed by atoms with E-state index < -0.39 is 11.0 Å². The minimum absolute atomic E-state index is 0.315. The number of hydrogen-bond donors (Lipinski definition) is 4. The zero-order valence-electron chi connectivity index (χ0n) is 20.1. The number of nitrogens with zero attached hydrogens (tertiary/aromatic N) is 2. The van der Waals surface area contributed by atoms with Crippen molar-refractivity contribution in [2.45, 2.75) is 37.9 Å². The smallest absolute Gasteiger partial charge is 0.195 e. The number of anilines is 2. The first-order chi connectivity index (χ1) is 16.5. The summed E-state index contributed by atoms with van der Waals surface area (Å²) >= 11 is 0. The van der Waals surface area contributed by atoms with Crippen LogP contribution in [0, 0.1) is 6.92 Å². The largest absolute Gasteiger partial charge is 0.492 e. The maximum absolute atomic E-state index is 12.2. The van der Waals surface area contributed by atoms with Crippen LogP contribution in [0.25, 0.3) is 0 Å². The Bertz CT molecular complexity index is 1060. The topological polar surface area (TPSA) is 90.0 Å². The van der Waals surface area contributed by atoms with Gasteiger partial charge < -0.3 is 20.7 Å². The van der Waals surface area contributed by atoms with Crippen LogP contribution in [0.3, 0.4) is 0 Å². The Morgan fingerprint density at radius 3 is 2.59 bits per heavy atom. The van der Waals surface area contributed by atoms with E-state index in [1.54, 1.807) is 7.05 Å². The van der Waals surface area contributed by atoms with Crippen molar-refractivity contribution < 1.29 is 8.95 Å². The fraction of sp³-hybridized carbons (Fsp3) is 0.400. The average Bonchev–Trinajstić information content (AvgIpc) is 3.36. The summed E-state index contributed by atoms with van der Waals surface area (Å²) in [7, 11) is 0.441. The molecule has 4 rings (SSSR count). The lowest BCUT2D eigenvalue weighted by molar-refractivity contribution is 0.238. The van der Waals surface area contributed by atoms with Crippen molar-refractivity contribution in [1.29, 1.82) is 0 Å². The summed E-state index contributed by atoms with van der Waals surface area (Å²) in [5, 5.41) is 10.2. The number of allylic oxidation sites excluding steroid dienone is 1. The van der Waals surface area contributed by atoms with E-state index in [1.807, 2.05) is 62.5 Å². The second-order valence-corrected chi connectivity index (χ2v) is 9.91. The van der Waals surface area contributed by atoms with Gasteiger partial charge in [-0.1, -0.05) is 6.07 Å². The van der Waals surface area contributed by atoms with Crippen LogP contribution in [-0.4, -0.2) is 54.9 Å². The molecule has 2 aliphatic heterocycles. The van der Waals surface area contributed by atoms with Crippen LogP contribution in [0.1, 0.15) is 25.3 Å². The molecule has 0 spiro atoms. The van der Waals surface area contributed by atoms with Gasteiger partial charge >= 0.3 is 0 Å². The molecule has 2 unspecified atom stereocenters. The first kappa shape index (κ1) is 24.3. The molecule has 0 aromatic heterocycles. The Morgan fingerprint density at radius 1 is 1.12 bits per heavy atom. The summed E-state index contributed by atoms with van der Waals surface area (Å²) in [6.45, 7) is 8.01. The standard InChI is InChI=1S/C25H34N6O2S/c1-18-6-7-21(16-23(18)34(32)26-3)28-24-19(2)17-27-25(30-24)29-20-8-10-22(11-9-20)33-15-14-31-12-4-5-13-31/h6-11,16-17,25-26,28-30H,4-5,12-15H2,1-3H3. The van der Waals surface area contributed by atoms with Crippen LogP contribution in [0.4, 0.5) is 11.4 Å². The van der Waals surface area contributed by atoms with E-state index in [0.717, 1.165) is 45.5 Å². The van der Waals surface area contributed by atoms with Crippen LogP contribution < -0.4 is 25.4 Å². The normalized spacial score (nSPS) is 19.1. The minimum atomic E-state index is -1.24. The molecule has 2 aliphatic rings. The summed E-state index contributed by atoms with van der Waals surface area (Å²) in [6.07, 6.45) is 4.12. The number of hydrogen-bond acceptors (Lipinski definition) is 7. The van der Waals surface area contributed by atoms with Crippen LogP contribution in [-0.2, 0) is 11.0 Å². The lowest BCUT2D eigenvalue weighted by Crippen LogP contribution is -2.39. The second kappa shape index (κ2) is 11.5. The van der Waals surface area contributed by atoms with Crippen molar-refractivity contribution >= 4 is 28.6 Å². The van der Waals surface area contributed by atoms with Crippen molar-refractivity contribution in [3.63, 3.8) is 0 Å². The number of ether oxygens (including phenoxy) is 1. The first-order valence-corrected chi connectivity index (χ1v) is 12.9. The quantitative estimate of drug-likeness (QED) is 0.415. The number of likely N-dealkylation sites (tertiary alicyclic amines) is 1. The van der Waals surface area contributed by atoms with Gasteiger partial charge in [0.1, 0.15) is 29.2 Å². The highest BCUT2D eigenvalue weighted by Gasteiger charge is 2.16. The van der Waals surface area contributed by atoms with Gasteiger partial charge in [0.15, 0.2) is 6.29 Å². The summed E-state index contributed by atoms with van der Waals surface area (Å²) in [4.78, 5) is 7.75. The molecular formula is C25H34N6O2S. The van der Waals surface area contributed by atoms with Gasteiger partial charge in [0.25, 0.3) is 0 Å². The van der Waals surface area contributed by atoms with Gasteiger partial charge in [-0.2, -0.15) is 0 Å². The number of aliphatic imine (C=N–C) groups is 1. The maximum Gasteiger partial charge on any atom is 0.195 e. The Balaban J connectivity index is 1.31. The fourth-order valence-electron chi connectivity index (χ4n) is 3.98. The van der Waals surface area contributed by atoms with Crippen molar-refractivity contribution in [1.82, 2.24) is 14.9 Å². The molecule has 2 aromatic rings. The number of aryl methyl sites for hydroxylation is 1. The highest BCUT2D eigenvalue weighted by molar-refractivity contribution is 7.83. The van der Waals surface area contributed by atoms with E-state index >= 15 is 0 Å². The highest BCUT2D eigenvalue weighted by Crippen LogP contribution is 2.21. The maximum atomic E-state index is 12.2. The zero-order chi connectivity index (χ0) is 23.9. The molecule has 4 N–H and O–H groups in total. The van der Waals surface area contributed by atoms with Gasteiger partial charge in [-0.3, -0.25) is 4.90 Å². The van der Waals surface area contributed by atoms with Crippen LogP contribution in [0.5, 0.6) is 5.75 Å². The third-order valence-corrected chi connectivity index (χ3v) is 7.18. The van der Waals surface area contributed by atoms with Crippen molar-refractivity contribution in [3.05, 3.63) is 59.4 Å². The van der Waals surface area contributed by atoms with E-state index in [4.69, 9.17) is 4.74 Å². The van der Waals surface area contributed by atoms with E-state index in [2.05, 4.69) is 30.6 Å². The highest BCUT2D eigenvalue weighted by atomic mass is 32.2. The molecule has 2 atom stereocenters. The van der Waals surface area contributed by atoms with Gasteiger partial charge in [0.05, 0.1) is 4.90 Å². The van der Waals surface area contributed by atoms with Gasteiger partial charge in [-0.25, -0.2) is 13.9 Å². The molecular weight excluding hydrogens is 448 g/mol. The van der Waals surface area contributed by atoms with Crippen LogP contribution in [0.2, 0.25) is 0 Å².